The van der Waals surface area contributed by atoms with E-state index in [0.717, 1.165) is 10.6 Å². The van der Waals surface area contributed by atoms with Gasteiger partial charge in [-0.25, -0.2) is 0 Å². The highest BCUT2D eigenvalue weighted by molar-refractivity contribution is 7.99. The molecule has 12 heavy (non-hydrogen) atoms. The number of nitrogens with two attached hydrogens (primary N) is 1. The van der Waals surface area contributed by atoms with Gasteiger partial charge in [0.05, 0.1) is 6.61 Å². The van der Waals surface area contributed by atoms with Crippen LogP contribution in [0.3, 0.4) is 0 Å². The Bertz CT molecular complexity index is 263. The molecule has 0 atom stereocenters. The zero-order valence-electron chi connectivity index (χ0n) is 7.08. The van der Waals surface area contributed by atoms with Crippen LogP contribution in [0.4, 0.5) is 5.69 Å². The minimum Gasteiger partial charge on any atom is -0.398 e. The van der Waals surface area contributed by atoms with Gasteiger partial charge in [0.1, 0.15) is 0 Å². The molecule has 0 aromatic heterocycles. The van der Waals surface area contributed by atoms with Gasteiger partial charge in [0.2, 0.25) is 0 Å². The van der Waals surface area contributed by atoms with Crippen LogP contribution in [0.1, 0.15) is 5.56 Å². The van der Waals surface area contributed by atoms with Gasteiger partial charge in [-0.15, -0.1) is 11.8 Å². The normalized spacial score (nSPS) is 10.2. The van der Waals surface area contributed by atoms with Crippen molar-refractivity contribution in [2.24, 2.45) is 0 Å². The van der Waals surface area contributed by atoms with Crippen molar-refractivity contribution in [2.75, 3.05) is 18.1 Å². The van der Waals surface area contributed by atoms with Crippen LogP contribution in [-0.2, 0) is 0 Å². The second-order valence-electron chi connectivity index (χ2n) is 2.61. The zero-order chi connectivity index (χ0) is 8.97. The SMILES string of the molecule is Cc1ccc(N)c(SCCO)c1. The number of hydrogen-bond donors (Lipinski definition) is 2. The van der Waals surface area contributed by atoms with E-state index in [0.29, 0.717) is 5.75 Å². The van der Waals surface area contributed by atoms with Gasteiger partial charge in [-0.05, 0) is 24.6 Å². The molecule has 0 aliphatic rings. The van der Waals surface area contributed by atoms with Crippen molar-refractivity contribution < 1.29 is 5.11 Å². The number of rotatable bonds is 3. The predicted molar refractivity (Wildman–Crippen MR) is 53.4 cm³/mol. The summed E-state index contributed by atoms with van der Waals surface area (Å²) in [5.41, 5.74) is 7.72. The maximum atomic E-state index is 8.63. The molecule has 0 aliphatic heterocycles. The molecule has 0 bridgehead atoms. The summed E-state index contributed by atoms with van der Waals surface area (Å²) in [5.74, 6) is 0.702. The van der Waals surface area contributed by atoms with Crippen LogP contribution >= 0.6 is 11.8 Å². The van der Waals surface area contributed by atoms with Gasteiger partial charge in [0.25, 0.3) is 0 Å². The van der Waals surface area contributed by atoms with E-state index < -0.39 is 0 Å². The lowest BCUT2D eigenvalue weighted by atomic mass is 10.2. The molecule has 3 N–H and O–H groups in total. The lowest BCUT2D eigenvalue weighted by Crippen LogP contribution is -1.91. The molecule has 3 heteroatoms. The van der Waals surface area contributed by atoms with E-state index in [1.54, 1.807) is 11.8 Å². The third-order valence-corrected chi connectivity index (χ3v) is 2.57. The van der Waals surface area contributed by atoms with Crippen molar-refractivity contribution in [3.63, 3.8) is 0 Å². The first kappa shape index (κ1) is 9.42. The summed E-state index contributed by atoms with van der Waals surface area (Å²) in [5, 5.41) is 8.63. The summed E-state index contributed by atoms with van der Waals surface area (Å²) >= 11 is 1.59. The summed E-state index contributed by atoms with van der Waals surface area (Å²) in [4.78, 5) is 1.06. The maximum Gasteiger partial charge on any atom is 0.0525 e. The Balaban J connectivity index is 2.75. The van der Waals surface area contributed by atoms with E-state index in [4.69, 9.17) is 10.8 Å². The fraction of sp³-hybridized carbons (Fsp3) is 0.333. The summed E-state index contributed by atoms with van der Waals surface area (Å²) in [7, 11) is 0. The predicted octanol–water partition coefficient (Wildman–Crippen LogP) is 1.66. The number of thioether (sulfide) groups is 1. The van der Waals surface area contributed by atoms with E-state index in [-0.39, 0.29) is 6.61 Å². The van der Waals surface area contributed by atoms with Gasteiger partial charge in [0, 0.05) is 16.3 Å². The highest BCUT2D eigenvalue weighted by Crippen LogP contribution is 2.25. The monoisotopic (exact) mass is 183 g/mol. The highest BCUT2D eigenvalue weighted by atomic mass is 32.2. The van der Waals surface area contributed by atoms with Crippen LogP contribution in [0.2, 0.25) is 0 Å². The van der Waals surface area contributed by atoms with E-state index in [1.165, 1.54) is 5.56 Å². The molecular formula is C9H13NOS. The van der Waals surface area contributed by atoms with Gasteiger partial charge in [-0.1, -0.05) is 6.07 Å². The second-order valence-corrected chi connectivity index (χ2v) is 3.75. The minimum absolute atomic E-state index is 0.193. The number of anilines is 1. The largest absolute Gasteiger partial charge is 0.398 e. The molecule has 0 saturated carbocycles. The molecule has 1 rings (SSSR count). The molecule has 66 valence electrons. The second kappa shape index (κ2) is 4.38. The van der Waals surface area contributed by atoms with Crippen LogP contribution in [0.25, 0.3) is 0 Å². The Morgan fingerprint density at radius 3 is 2.92 bits per heavy atom. The van der Waals surface area contributed by atoms with Gasteiger partial charge >= 0.3 is 0 Å². The highest BCUT2D eigenvalue weighted by Gasteiger charge is 1.98. The number of nitrogen functional groups attached to an aromatic ring is 1. The van der Waals surface area contributed by atoms with Crippen LogP contribution in [0, 0.1) is 6.92 Å². The molecule has 0 fully saturated rings. The number of benzene rings is 1. The van der Waals surface area contributed by atoms with Crippen LogP contribution in [0.5, 0.6) is 0 Å². The van der Waals surface area contributed by atoms with Crippen LogP contribution < -0.4 is 5.73 Å². The minimum atomic E-state index is 0.193. The molecule has 2 nitrogen and oxygen atoms in total. The number of aliphatic hydroxyl groups is 1. The third-order valence-electron chi connectivity index (χ3n) is 1.52. The average Bonchev–Trinajstić information content (AvgIpc) is 2.07. The zero-order valence-corrected chi connectivity index (χ0v) is 7.90. The topological polar surface area (TPSA) is 46.2 Å². The Morgan fingerprint density at radius 2 is 2.25 bits per heavy atom. The lowest BCUT2D eigenvalue weighted by molar-refractivity contribution is 0.322. The number of aliphatic hydroxyl groups excluding tert-OH is 1. The Morgan fingerprint density at radius 1 is 1.50 bits per heavy atom. The molecule has 1 aromatic carbocycles. The Labute approximate surface area is 76.8 Å². The Kier molecular flexibility index (Phi) is 3.44. The van der Waals surface area contributed by atoms with Crippen molar-refractivity contribution in [3.8, 4) is 0 Å². The maximum absolute atomic E-state index is 8.63. The summed E-state index contributed by atoms with van der Waals surface area (Å²) in [6.07, 6.45) is 0. The smallest absolute Gasteiger partial charge is 0.0525 e. The van der Waals surface area contributed by atoms with Crippen molar-refractivity contribution in [1.29, 1.82) is 0 Å². The third kappa shape index (κ3) is 2.43. The molecule has 1 aromatic rings. The van der Waals surface area contributed by atoms with E-state index >= 15 is 0 Å². The van der Waals surface area contributed by atoms with E-state index in [1.807, 2.05) is 25.1 Å². The molecule has 0 radical (unpaired) electrons. The fourth-order valence-electron chi connectivity index (χ4n) is 0.922. The quantitative estimate of drug-likeness (QED) is 0.553. The molecular weight excluding hydrogens is 170 g/mol. The van der Waals surface area contributed by atoms with Crippen molar-refractivity contribution in [1.82, 2.24) is 0 Å². The molecule has 0 saturated heterocycles. The molecule has 0 spiro atoms. The lowest BCUT2D eigenvalue weighted by Gasteiger charge is -2.04. The fourth-order valence-corrected chi connectivity index (χ4v) is 1.74. The average molecular weight is 183 g/mol. The summed E-state index contributed by atoms with van der Waals surface area (Å²) < 4.78 is 0. The van der Waals surface area contributed by atoms with E-state index in [9.17, 15) is 0 Å². The first-order valence-electron chi connectivity index (χ1n) is 3.84. The summed E-state index contributed by atoms with van der Waals surface area (Å²) in [6.45, 7) is 2.22. The first-order valence-corrected chi connectivity index (χ1v) is 4.82. The van der Waals surface area contributed by atoms with Gasteiger partial charge < -0.3 is 10.8 Å². The van der Waals surface area contributed by atoms with Gasteiger partial charge in [-0.3, -0.25) is 0 Å². The van der Waals surface area contributed by atoms with E-state index in [2.05, 4.69) is 0 Å². The Hall–Kier alpha value is -0.670. The van der Waals surface area contributed by atoms with Crippen LogP contribution in [0.15, 0.2) is 23.1 Å². The first-order chi connectivity index (χ1) is 5.74. The van der Waals surface area contributed by atoms with Crippen molar-refractivity contribution in [2.45, 2.75) is 11.8 Å². The van der Waals surface area contributed by atoms with Crippen molar-refractivity contribution in [3.05, 3.63) is 23.8 Å². The standard InChI is InChI=1S/C9H13NOS/c1-7-2-3-8(10)9(6-7)12-5-4-11/h2-3,6,11H,4-5,10H2,1H3. The molecule has 0 amide bonds. The number of hydrogen-bond acceptors (Lipinski definition) is 3. The summed E-state index contributed by atoms with van der Waals surface area (Å²) in [6, 6.07) is 5.92. The van der Waals surface area contributed by atoms with Gasteiger partial charge in [0.15, 0.2) is 0 Å². The number of aryl methyl sites for hydroxylation is 1. The molecule has 0 heterocycles. The molecule has 0 unspecified atom stereocenters. The van der Waals surface area contributed by atoms with Crippen LogP contribution in [-0.4, -0.2) is 17.5 Å². The van der Waals surface area contributed by atoms with Gasteiger partial charge in [-0.2, -0.15) is 0 Å². The van der Waals surface area contributed by atoms with Crippen molar-refractivity contribution >= 4 is 17.4 Å². The molecule has 0 aliphatic carbocycles.